The molecule has 0 fully saturated rings. The van der Waals surface area contributed by atoms with E-state index in [1.54, 1.807) is 30.5 Å². The highest BCUT2D eigenvalue weighted by molar-refractivity contribution is 5.94. The number of hydrogen-bond acceptors (Lipinski definition) is 6. The molecule has 0 aliphatic carbocycles. The molecule has 3 heterocycles. The molecule has 2 aliphatic heterocycles. The highest BCUT2D eigenvalue weighted by Gasteiger charge is 2.14. The predicted octanol–water partition coefficient (Wildman–Crippen LogP) is 4.05. The smallest absolute Gasteiger partial charge is 0.251 e. The normalized spacial score (nSPS) is 15.8. The van der Waals surface area contributed by atoms with Crippen molar-refractivity contribution in [2.45, 2.75) is 32.4 Å². The van der Waals surface area contributed by atoms with Crippen molar-refractivity contribution in [3.05, 3.63) is 83.4 Å². The van der Waals surface area contributed by atoms with Gasteiger partial charge in [0.05, 0.1) is 12.8 Å². The Morgan fingerprint density at radius 1 is 1.05 bits per heavy atom. The molecule has 5 rings (SSSR count). The van der Waals surface area contributed by atoms with Crippen molar-refractivity contribution in [2.24, 2.45) is 0 Å². The molecule has 2 N–H and O–H groups in total. The first-order chi connectivity index (χ1) is 18.0. The average molecular weight is 507 g/mol. The van der Waals surface area contributed by atoms with Gasteiger partial charge in [-0.15, -0.1) is 0 Å². The van der Waals surface area contributed by atoms with Gasteiger partial charge in [0.15, 0.2) is 11.5 Å². The Kier molecular flexibility index (Phi) is 9.04. The minimum Gasteiger partial charge on any atom is -0.493 e. The number of nitrogens with zero attached hydrogens (tertiary/aromatic N) is 2. The molecule has 0 radical (unpaired) electrons. The van der Waals surface area contributed by atoms with Crippen LogP contribution in [0, 0.1) is 5.82 Å². The molecule has 1 aromatic heterocycles. The zero-order valence-corrected chi connectivity index (χ0v) is 20.8. The lowest BCUT2D eigenvalue weighted by atomic mass is 10.1. The highest BCUT2D eigenvalue weighted by Crippen LogP contribution is 2.33. The molecule has 194 valence electrons. The summed E-state index contributed by atoms with van der Waals surface area (Å²) >= 11 is 0. The van der Waals surface area contributed by atoms with Crippen LogP contribution in [-0.4, -0.2) is 48.4 Å². The Balaban J connectivity index is 1.53. The number of halogens is 1. The molecule has 3 aromatic rings. The Hall–Kier alpha value is -3.98. The van der Waals surface area contributed by atoms with E-state index in [9.17, 15) is 14.0 Å². The molecule has 2 aromatic carbocycles. The van der Waals surface area contributed by atoms with Gasteiger partial charge in [0, 0.05) is 50.4 Å². The number of carbonyl (C=O) groups excluding carboxylic acids is 2. The van der Waals surface area contributed by atoms with Crippen LogP contribution in [0.3, 0.4) is 0 Å². The molecule has 2 aliphatic rings. The predicted molar refractivity (Wildman–Crippen MR) is 137 cm³/mol. The van der Waals surface area contributed by atoms with Crippen molar-refractivity contribution in [1.29, 1.82) is 0 Å². The van der Waals surface area contributed by atoms with Crippen LogP contribution in [0.2, 0.25) is 0 Å². The number of ether oxygens (including phenoxy) is 2. The van der Waals surface area contributed by atoms with E-state index in [0.29, 0.717) is 55.1 Å². The molecular formula is C28H31FN4O4. The summed E-state index contributed by atoms with van der Waals surface area (Å²) in [4.78, 5) is 31.9. The van der Waals surface area contributed by atoms with Crippen LogP contribution in [0.15, 0.2) is 60.8 Å². The first-order valence-electron chi connectivity index (χ1n) is 12.3. The number of benzene rings is 2. The molecule has 0 spiro atoms. The third kappa shape index (κ3) is 7.75. The van der Waals surface area contributed by atoms with Gasteiger partial charge in [0.25, 0.3) is 5.91 Å². The van der Waals surface area contributed by atoms with E-state index in [0.717, 1.165) is 18.7 Å². The lowest BCUT2D eigenvalue weighted by Crippen LogP contribution is -2.31. The summed E-state index contributed by atoms with van der Waals surface area (Å²) in [6, 6.07) is 14.9. The Bertz CT molecular complexity index is 1220. The maximum Gasteiger partial charge on any atom is 0.251 e. The van der Waals surface area contributed by atoms with Crippen molar-refractivity contribution in [2.75, 3.05) is 26.7 Å². The van der Waals surface area contributed by atoms with Gasteiger partial charge in [-0.05, 0) is 67.4 Å². The summed E-state index contributed by atoms with van der Waals surface area (Å²) in [7, 11) is 1.48. The maximum absolute atomic E-state index is 14.3. The molecule has 0 saturated heterocycles. The first-order valence-corrected chi connectivity index (χ1v) is 12.3. The van der Waals surface area contributed by atoms with Crippen LogP contribution in [0.4, 0.5) is 4.39 Å². The van der Waals surface area contributed by atoms with Gasteiger partial charge in [-0.2, -0.15) is 0 Å². The zero-order valence-electron chi connectivity index (χ0n) is 20.8. The van der Waals surface area contributed by atoms with Crippen LogP contribution < -0.4 is 20.1 Å². The lowest BCUT2D eigenvalue weighted by molar-refractivity contribution is -0.121. The van der Waals surface area contributed by atoms with E-state index in [-0.39, 0.29) is 24.1 Å². The van der Waals surface area contributed by atoms with E-state index in [1.165, 1.54) is 19.2 Å². The summed E-state index contributed by atoms with van der Waals surface area (Å²) < 4.78 is 25.6. The third-order valence-corrected chi connectivity index (χ3v) is 6.00. The van der Waals surface area contributed by atoms with Crippen molar-refractivity contribution >= 4 is 11.8 Å². The number of rotatable bonds is 3. The summed E-state index contributed by atoms with van der Waals surface area (Å²) in [5.74, 6) is 0.147. The largest absolute Gasteiger partial charge is 0.493 e. The second kappa shape index (κ2) is 12.8. The van der Waals surface area contributed by atoms with Gasteiger partial charge in [-0.3, -0.25) is 19.5 Å². The van der Waals surface area contributed by atoms with Crippen molar-refractivity contribution in [3.63, 3.8) is 0 Å². The zero-order chi connectivity index (χ0) is 26.0. The van der Waals surface area contributed by atoms with Crippen molar-refractivity contribution in [1.82, 2.24) is 20.5 Å². The number of aromatic nitrogens is 1. The van der Waals surface area contributed by atoms with E-state index in [4.69, 9.17) is 9.47 Å². The highest BCUT2D eigenvalue weighted by atomic mass is 19.1. The number of pyridine rings is 1. The number of methoxy groups -OCH3 is 1. The topological polar surface area (TPSA) is 92.8 Å². The second-order valence-corrected chi connectivity index (χ2v) is 8.85. The summed E-state index contributed by atoms with van der Waals surface area (Å²) in [6.07, 6.45) is 3.51. The fourth-order valence-corrected chi connectivity index (χ4v) is 4.15. The van der Waals surface area contributed by atoms with Crippen LogP contribution in [0.25, 0.3) is 0 Å². The summed E-state index contributed by atoms with van der Waals surface area (Å²) in [5, 5.41) is 5.81. The van der Waals surface area contributed by atoms with Gasteiger partial charge >= 0.3 is 0 Å². The summed E-state index contributed by atoms with van der Waals surface area (Å²) in [5.41, 5.74) is 1.96. The molecule has 37 heavy (non-hydrogen) atoms. The van der Waals surface area contributed by atoms with Gasteiger partial charge in [0.1, 0.15) is 11.6 Å². The minimum absolute atomic E-state index is 0.108. The lowest BCUT2D eigenvalue weighted by Gasteiger charge is -2.22. The van der Waals surface area contributed by atoms with Gasteiger partial charge in [-0.1, -0.05) is 6.07 Å². The molecular weight excluding hydrogens is 475 g/mol. The molecule has 0 unspecified atom stereocenters. The molecule has 2 amide bonds. The Morgan fingerprint density at radius 2 is 1.92 bits per heavy atom. The van der Waals surface area contributed by atoms with Crippen LogP contribution in [0.5, 0.6) is 17.2 Å². The van der Waals surface area contributed by atoms with Gasteiger partial charge in [-0.25, -0.2) is 4.39 Å². The molecule has 4 bridgehead atoms. The quantitative estimate of drug-likeness (QED) is 0.557. The van der Waals surface area contributed by atoms with E-state index in [2.05, 4.69) is 20.5 Å². The van der Waals surface area contributed by atoms with Gasteiger partial charge < -0.3 is 20.1 Å². The monoisotopic (exact) mass is 506 g/mol. The number of amides is 2. The number of nitrogens with one attached hydrogen (secondary N) is 2. The van der Waals surface area contributed by atoms with E-state index in [1.807, 2.05) is 18.2 Å². The fourth-order valence-electron chi connectivity index (χ4n) is 4.15. The van der Waals surface area contributed by atoms with Crippen LogP contribution in [-0.2, 0) is 17.9 Å². The van der Waals surface area contributed by atoms with Crippen LogP contribution >= 0.6 is 0 Å². The van der Waals surface area contributed by atoms with Gasteiger partial charge in [0.2, 0.25) is 5.91 Å². The second-order valence-electron chi connectivity index (χ2n) is 8.85. The van der Waals surface area contributed by atoms with Crippen molar-refractivity contribution < 1.29 is 23.5 Å². The minimum atomic E-state index is -0.482. The first kappa shape index (κ1) is 26.1. The van der Waals surface area contributed by atoms with Crippen molar-refractivity contribution in [3.8, 4) is 17.2 Å². The fraction of sp³-hybridized carbons (Fsp3) is 0.321. The number of hydrogen-bond donors (Lipinski definition) is 2. The molecule has 0 atom stereocenters. The third-order valence-electron chi connectivity index (χ3n) is 6.00. The average Bonchev–Trinajstić information content (AvgIpc) is 2.89. The summed E-state index contributed by atoms with van der Waals surface area (Å²) in [6.45, 7) is 2.77. The Labute approximate surface area is 215 Å². The molecule has 8 nitrogen and oxygen atoms in total. The number of carbonyl (C=O) groups is 2. The van der Waals surface area contributed by atoms with E-state index < -0.39 is 5.82 Å². The molecule has 9 heteroatoms. The van der Waals surface area contributed by atoms with E-state index >= 15 is 0 Å². The SMILES string of the molecule is COc1cc2ccc1Oc1cc(F)cc(c1)CNC(=O)CCCN(Cc1ccccn1)CCCNC2=O. The Morgan fingerprint density at radius 3 is 2.73 bits per heavy atom. The van der Waals surface area contributed by atoms with Crippen LogP contribution in [0.1, 0.15) is 40.9 Å². The molecule has 0 saturated carbocycles. The maximum atomic E-state index is 14.3. The standard InChI is InChI=1S/C28H31FN4O4/c1-36-26-16-21-8-9-25(26)37-24-15-20(14-22(29)17-24)18-32-27(34)7-4-12-33(13-5-11-31-28(21)35)19-23-6-2-3-10-30-23/h2-3,6,8-10,14-17H,4-5,7,11-13,18-19H2,1H3,(H,31,35)(H,32,34). The number of fused-ring (bicyclic) bond motifs is 13.